The molecule has 61 heavy (non-hydrogen) atoms. The number of imidazole rings is 1. The highest BCUT2D eigenvalue weighted by Crippen LogP contribution is 2.32. The third kappa shape index (κ3) is 11.6. The second kappa shape index (κ2) is 20.7. The van der Waals surface area contributed by atoms with Gasteiger partial charge in [0.2, 0.25) is 12.1 Å². The van der Waals surface area contributed by atoms with Crippen molar-refractivity contribution in [2.75, 3.05) is 19.8 Å². The van der Waals surface area contributed by atoms with Crippen LogP contribution in [0.1, 0.15) is 67.8 Å². The molecule has 2 fully saturated rings. The Kier molecular flexibility index (Phi) is 15.0. The average Bonchev–Trinajstić information content (AvgIpc) is 4.03. The van der Waals surface area contributed by atoms with Gasteiger partial charge >= 0.3 is 18.1 Å². The van der Waals surface area contributed by atoms with Gasteiger partial charge in [0.25, 0.3) is 10.2 Å². The summed E-state index contributed by atoms with van der Waals surface area (Å²) in [6.45, 7) is 2.69. The van der Waals surface area contributed by atoms with Crippen LogP contribution in [0, 0.1) is 20.2 Å². The molecule has 326 valence electrons. The van der Waals surface area contributed by atoms with Gasteiger partial charge in [-0.25, -0.2) is 14.6 Å². The minimum atomic E-state index is -1.42. The van der Waals surface area contributed by atoms with E-state index in [-0.39, 0.29) is 49.9 Å². The number of fused-ring (bicyclic) bond motifs is 1. The zero-order valence-electron chi connectivity index (χ0n) is 32.8. The number of tetrazole rings is 1. The maximum absolute atomic E-state index is 13.6. The first-order chi connectivity index (χ1) is 29.4. The van der Waals surface area contributed by atoms with Crippen LogP contribution in [0.2, 0.25) is 5.15 Å². The van der Waals surface area contributed by atoms with Gasteiger partial charge in [0.05, 0.1) is 13.2 Å². The van der Waals surface area contributed by atoms with Gasteiger partial charge in [-0.05, 0) is 41.2 Å². The van der Waals surface area contributed by atoms with Crippen molar-refractivity contribution in [3.05, 3.63) is 91.0 Å². The van der Waals surface area contributed by atoms with Crippen molar-refractivity contribution in [2.45, 2.75) is 95.7 Å². The number of H-pyrrole nitrogens is 1. The summed E-state index contributed by atoms with van der Waals surface area (Å²) in [7, 11) is 0. The Morgan fingerprint density at radius 1 is 0.967 bits per heavy atom. The van der Waals surface area contributed by atoms with E-state index in [9.17, 15) is 34.6 Å². The van der Waals surface area contributed by atoms with Crippen molar-refractivity contribution in [3.8, 4) is 22.5 Å². The van der Waals surface area contributed by atoms with Crippen LogP contribution in [0.15, 0.2) is 48.5 Å². The van der Waals surface area contributed by atoms with Crippen LogP contribution in [0.5, 0.6) is 0 Å². The highest BCUT2D eigenvalue weighted by atomic mass is 35.5. The topological polar surface area (TPSA) is 284 Å². The van der Waals surface area contributed by atoms with Crippen molar-refractivity contribution in [3.63, 3.8) is 0 Å². The van der Waals surface area contributed by atoms with Crippen LogP contribution in [0.4, 0.5) is 4.79 Å². The molecular formula is C37H41ClN8O15. The number of nitrogens with zero attached hydrogens (tertiary/aromatic N) is 7. The smallest absolute Gasteiger partial charge is 0.457 e. The summed E-state index contributed by atoms with van der Waals surface area (Å²) in [5, 5.41) is 33.2. The number of hydrogen-bond acceptors (Lipinski definition) is 19. The second-order valence-corrected chi connectivity index (χ2v) is 14.2. The van der Waals surface area contributed by atoms with Crippen LogP contribution in [0.3, 0.4) is 0 Å². The summed E-state index contributed by atoms with van der Waals surface area (Å²) >= 11 is 6.54. The first-order valence-corrected chi connectivity index (χ1v) is 19.5. The molecule has 0 saturated carbocycles. The molecule has 2 saturated heterocycles. The molecule has 4 heterocycles. The number of esters is 2. The largest absolute Gasteiger partial charge is 0.511 e. The van der Waals surface area contributed by atoms with E-state index in [1.807, 2.05) is 55.5 Å². The summed E-state index contributed by atoms with van der Waals surface area (Å²) < 4.78 is 34.7. The summed E-state index contributed by atoms with van der Waals surface area (Å²) in [5.41, 5.74) is 3.43. The SMILES string of the molecule is CCCCc1nc(Cl)c(C(=O)OC(C)OC(=O)O[C@H]2COC3C2OC[C@H]3OC(=O)CCC[C@@H](CO[N+](=O)[O-])O[N+](=O)[O-])n1Cc1ccc(-c2ccccc2-c2nn[nH]n2)cc1. The molecule has 6 rings (SSSR count). The van der Waals surface area contributed by atoms with Gasteiger partial charge in [-0.2, -0.15) is 5.21 Å². The molecular weight excluding hydrogens is 832 g/mol. The number of hydrogen-bond donors (Lipinski definition) is 1. The second-order valence-electron chi connectivity index (χ2n) is 13.8. The molecule has 0 amide bonds. The summed E-state index contributed by atoms with van der Waals surface area (Å²) in [5.74, 6) is -0.541. The van der Waals surface area contributed by atoms with Crippen molar-refractivity contribution in [2.24, 2.45) is 0 Å². The fourth-order valence-corrected chi connectivity index (χ4v) is 7.09. The highest BCUT2D eigenvalue weighted by molar-refractivity contribution is 6.32. The Hall–Kier alpha value is -6.46. The number of nitrogens with one attached hydrogen (secondary N) is 1. The highest BCUT2D eigenvalue weighted by Gasteiger charge is 2.51. The molecule has 1 N–H and O–H groups in total. The quantitative estimate of drug-likeness (QED) is 0.0397. The third-order valence-electron chi connectivity index (χ3n) is 9.61. The van der Waals surface area contributed by atoms with Crippen molar-refractivity contribution in [1.82, 2.24) is 30.2 Å². The molecule has 0 spiro atoms. The lowest BCUT2D eigenvalue weighted by Crippen LogP contribution is -2.36. The molecule has 24 heteroatoms. The minimum absolute atomic E-state index is 0.0244. The lowest BCUT2D eigenvalue weighted by atomic mass is 9.98. The molecule has 2 aliphatic rings. The monoisotopic (exact) mass is 872 g/mol. The van der Waals surface area contributed by atoms with Gasteiger partial charge in [0, 0.05) is 31.9 Å². The zero-order chi connectivity index (χ0) is 43.5. The Morgan fingerprint density at radius 2 is 1.67 bits per heavy atom. The van der Waals surface area contributed by atoms with E-state index in [0.717, 1.165) is 35.1 Å². The standard InChI is InChI=1S/C37H41ClN8O15/c1-3-4-11-29-39-34(38)31(44(29)17-22-13-15-23(16-14-22)25-9-5-6-10-26(25)35-40-42-43-41-35)36(48)57-21(2)58-37(49)60-28-20-55-32-27(19-54-33(28)32)59-30(47)12-7-8-24(61-46(52)53)18-56-45(50)51/h5-6,9-10,13-16,21,24,27-28,32-33H,3-4,7-8,11-12,17-20H2,1-2H3,(H,40,41,42,43)/t21?,24-,27+,28-,32?,33?/m0/s1. The van der Waals surface area contributed by atoms with E-state index in [1.54, 1.807) is 4.57 Å². The van der Waals surface area contributed by atoms with Gasteiger partial charge in [0.15, 0.2) is 23.1 Å². The number of unbranched alkanes of at least 4 members (excludes halogenated alkanes) is 1. The number of carbonyl (C=O) groups excluding carboxylic acids is 3. The number of halogens is 1. The summed E-state index contributed by atoms with van der Waals surface area (Å²) in [6.07, 6.45) is -5.38. The Morgan fingerprint density at radius 3 is 2.33 bits per heavy atom. The van der Waals surface area contributed by atoms with Gasteiger partial charge in [-0.3, -0.25) is 4.79 Å². The molecule has 0 aliphatic carbocycles. The van der Waals surface area contributed by atoms with Crippen LogP contribution in [0.25, 0.3) is 22.5 Å². The number of benzene rings is 2. The Labute approximate surface area is 351 Å². The predicted molar refractivity (Wildman–Crippen MR) is 204 cm³/mol. The predicted octanol–water partition coefficient (Wildman–Crippen LogP) is 4.46. The number of ether oxygens (including phenoxy) is 6. The first-order valence-electron chi connectivity index (χ1n) is 19.2. The molecule has 0 radical (unpaired) electrons. The number of carbonyl (C=O) groups is 3. The van der Waals surface area contributed by atoms with Crippen LogP contribution in [-0.4, -0.2) is 115 Å². The Bertz CT molecular complexity index is 2160. The van der Waals surface area contributed by atoms with E-state index in [0.29, 0.717) is 18.1 Å². The molecule has 4 aromatic rings. The number of aromatic nitrogens is 6. The van der Waals surface area contributed by atoms with Gasteiger partial charge in [-0.15, -0.1) is 30.4 Å². The third-order valence-corrected chi connectivity index (χ3v) is 9.87. The van der Waals surface area contributed by atoms with Crippen molar-refractivity contribution < 1.29 is 62.7 Å². The van der Waals surface area contributed by atoms with Crippen molar-refractivity contribution >= 4 is 29.7 Å². The Balaban J connectivity index is 1.01. The molecule has 3 unspecified atom stereocenters. The number of aryl methyl sites for hydroxylation is 1. The molecule has 0 bridgehead atoms. The van der Waals surface area contributed by atoms with Crippen LogP contribution >= 0.6 is 11.6 Å². The van der Waals surface area contributed by atoms with E-state index in [2.05, 4.69) is 35.3 Å². The van der Waals surface area contributed by atoms with E-state index in [4.69, 9.17) is 40.0 Å². The maximum atomic E-state index is 13.6. The molecule has 2 aromatic carbocycles. The maximum Gasteiger partial charge on any atom is 0.511 e. The normalized spacial score (nSPS) is 19.0. The van der Waals surface area contributed by atoms with Gasteiger partial charge in [-0.1, -0.05) is 73.5 Å². The first kappa shape index (κ1) is 44.1. The average molecular weight is 873 g/mol. The van der Waals surface area contributed by atoms with E-state index in [1.165, 1.54) is 6.92 Å². The van der Waals surface area contributed by atoms with Crippen LogP contribution in [-0.2, 0) is 55.9 Å². The van der Waals surface area contributed by atoms with Crippen LogP contribution < -0.4 is 0 Å². The van der Waals surface area contributed by atoms with Gasteiger partial charge < -0.3 is 42.7 Å². The summed E-state index contributed by atoms with van der Waals surface area (Å²) in [6, 6.07) is 15.4. The summed E-state index contributed by atoms with van der Waals surface area (Å²) in [4.78, 5) is 73.0. The lowest BCUT2D eigenvalue weighted by molar-refractivity contribution is -0.790. The molecule has 2 aromatic heterocycles. The van der Waals surface area contributed by atoms with Gasteiger partial charge in [0.1, 0.15) is 30.7 Å². The lowest BCUT2D eigenvalue weighted by Gasteiger charge is -2.19. The fraction of sp³-hybridized carbons (Fsp3) is 0.486. The van der Waals surface area contributed by atoms with E-state index < -0.39 is 71.7 Å². The zero-order valence-corrected chi connectivity index (χ0v) is 33.5. The number of rotatable bonds is 21. The molecule has 2 aliphatic heterocycles. The molecule has 6 atom stereocenters. The molecule has 23 nitrogen and oxygen atoms in total. The fourth-order valence-electron chi connectivity index (χ4n) is 6.82. The van der Waals surface area contributed by atoms with Crippen molar-refractivity contribution in [1.29, 1.82) is 0 Å². The number of aromatic amines is 1. The minimum Gasteiger partial charge on any atom is -0.457 e. The van der Waals surface area contributed by atoms with E-state index >= 15 is 0 Å².